The maximum absolute atomic E-state index is 10.7. The summed E-state index contributed by atoms with van der Waals surface area (Å²) in [6, 6.07) is 12.8. The van der Waals surface area contributed by atoms with Crippen LogP contribution in [0.5, 0.6) is 0 Å². The molecule has 0 amide bonds. The number of fused-ring (bicyclic) bond motifs is 1. The van der Waals surface area contributed by atoms with Crippen LogP contribution in [-0.2, 0) is 19.3 Å². The lowest BCUT2D eigenvalue weighted by atomic mass is 9.78. The molecular weight excluding hydrogens is 240 g/mol. The van der Waals surface area contributed by atoms with E-state index in [-0.39, 0.29) is 0 Å². The molecule has 1 aliphatic rings. The SMILES string of the molecule is OC1(CCc2cccs2)CCc2ccccc2C1. The Morgan fingerprint density at radius 3 is 2.72 bits per heavy atom. The minimum atomic E-state index is -0.502. The van der Waals surface area contributed by atoms with Gasteiger partial charge in [0.1, 0.15) is 0 Å². The lowest BCUT2D eigenvalue weighted by molar-refractivity contribution is 0.0184. The van der Waals surface area contributed by atoms with E-state index in [0.29, 0.717) is 0 Å². The van der Waals surface area contributed by atoms with Gasteiger partial charge in [0, 0.05) is 11.3 Å². The molecule has 1 unspecified atom stereocenters. The highest BCUT2D eigenvalue weighted by molar-refractivity contribution is 7.09. The van der Waals surface area contributed by atoms with E-state index in [2.05, 4.69) is 41.8 Å². The van der Waals surface area contributed by atoms with Gasteiger partial charge in [0.2, 0.25) is 0 Å². The molecule has 1 aromatic carbocycles. The van der Waals surface area contributed by atoms with E-state index >= 15 is 0 Å². The van der Waals surface area contributed by atoms with Gasteiger partial charge in [-0.3, -0.25) is 0 Å². The minimum absolute atomic E-state index is 0.502. The van der Waals surface area contributed by atoms with Crippen molar-refractivity contribution >= 4 is 11.3 Å². The fourth-order valence-corrected chi connectivity index (χ4v) is 3.52. The van der Waals surface area contributed by atoms with Crippen molar-refractivity contribution in [3.63, 3.8) is 0 Å². The van der Waals surface area contributed by atoms with Crippen LogP contribution in [0.3, 0.4) is 0 Å². The number of hydrogen-bond donors (Lipinski definition) is 1. The maximum Gasteiger partial charge on any atom is 0.0694 e. The molecule has 1 nitrogen and oxygen atoms in total. The molecule has 94 valence electrons. The first kappa shape index (κ1) is 11.9. The molecule has 1 atom stereocenters. The summed E-state index contributed by atoms with van der Waals surface area (Å²) in [5.74, 6) is 0. The summed E-state index contributed by atoms with van der Waals surface area (Å²) in [5, 5.41) is 12.8. The molecule has 1 aromatic heterocycles. The van der Waals surface area contributed by atoms with Gasteiger partial charge in [-0.15, -0.1) is 11.3 Å². The zero-order valence-corrected chi connectivity index (χ0v) is 11.2. The zero-order valence-electron chi connectivity index (χ0n) is 10.4. The number of aryl methyl sites for hydroxylation is 2. The van der Waals surface area contributed by atoms with E-state index in [9.17, 15) is 5.11 Å². The van der Waals surface area contributed by atoms with Crippen LogP contribution in [0, 0.1) is 0 Å². The number of rotatable bonds is 3. The van der Waals surface area contributed by atoms with E-state index in [1.165, 1.54) is 16.0 Å². The Morgan fingerprint density at radius 1 is 1.11 bits per heavy atom. The largest absolute Gasteiger partial charge is 0.390 e. The van der Waals surface area contributed by atoms with Crippen molar-refractivity contribution < 1.29 is 5.11 Å². The predicted molar refractivity (Wildman–Crippen MR) is 76.1 cm³/mol. The van der Waals surface area contributed by atoms with Gasteiger partial charge in [0.05, 0.1) is 5.60 Å². The van der Waals surface area contributed by atoms with Crippen LogP contribution in [0.15, 0.2) is 41.8 Å². The molecule has 0 aliphatic heterocycles. The second-order valence-corrected chi connectivity index (χ2v) is 6.28. The molecule has 0 saturated carbocycles. The van der Waals surface area contributed by atoms with Gasteiger partial charge in [0.25, 0.3) is 0 Å². The smallest absolute Gasteiger partial charge is 0.0694 e. The number of benzene rings is 1. The molecule has 18 heavy (non-hydrogen) atoms. The fourth-order valence-electron chi connectivity index (χ4n) is 2.81. The minimum Gasteiger partial charge on any atom is -0.390 e. The zero-order chi connectivity index (χ0) is 12.4. The molecule has 2 heteroatoms. The third-order valence-electron chi connectivity index (χ3n) is 3.91. The van der Waals surface area contributed by atoms with Crippen molar-refractivity contribution in [3.05, 3.63) is 57.8 Å². The highest BCUT2D eigenvalue weighted by atomic mass is 32.1. The van der Waals surface area contributed by atoms with E-state index in [1.54, 1.807) is 11.3 Å². The second kappa shape index (κ2) is 4.87. The first-order valence-electron chi connectivity index (χ1n) is 6.57. The Hall–Kier alpha value is -1.12. The average Bonchev–Trinajstić information content (AvgIpc) is 2.90. The number of aliphatic hydroxyl groups is 1. The lowest BCUT2D eigenvalue weighted by Crippen LogP contribution is -2.36. The van der Waals surface area contributed by atoms with E-state index < -0.39 is 5.60 Å². The van der Waals surface area contributed by atoms with Gasteiger partial charge >= 0.3 is 0 Å². The summed E-state index contributed by atoms with van der Waals surface area (Å²) in [4.78, 5) is 1.38. The van der Waals surface area contributed by atoms with Crippen molar-refractivity contribution in [2.75, 3.05) is 0 Å². The normalized spacial score (nSPS) is 22.7. The monoisotopic (exact) mass is 258 g/mol. The Balaban J connectivity index is 1.69. The van der Waals surface area contributed by atoms with Crippen LogP contribution in [0.4, 0.5) is 0 Å². The van der Waals surface area contributed by atoms with Crippen LogP contribution in [0.25, 0.3) is 0 Å². The maximum atomic E-state index is 10.7. The van der Waals surface area contributed by atoms with E-state index in [4.69, 9.17) is 0 Å². The van der Waals surface area contributed by atoms with Gasteiger partial charge in [0.15, 0.2) is 0 Å². The Labute approximate surface area is 112 Å². The van der Waals surface area contributed by atoms with Gasteiger partial charge in [-0.05, 0) is 48.3 Å². The van der Waals surface area contributed by atoms with Crippen molar-refractivity contribution in [2.45, 2.75) is 37.7 Å². The van der Waals surface area contributed by atoms with Gasteiger partial charge in [-0.2, -0.15) is 0 Å². The summed E-state index contributed by atoms with van der Waals surface area (Å²) >= 11 is 1.78. The summed E-state index contributed by atoms with van der Waals surface area (Å²) in [7, 11) is 0. The summed E-state index contributed by atoms with van der Waals surface area (Å²) in [6.45, 7) is 0. The van der Waals surface area contributed by atoms with Crippen molar-refractivity contribution in [2.24, 2.45) is 0 Å². The van der Waals surface area contributed by atoms with Gasteiger partial charge in [-0.25, -0.2) is 0 Å². The van der Waals surface area contributed by atoms with Crippen LogP contribution in [-0.4, -0.2) is 10.7 Å². The Bertz CT molecular complexity index is 518. The molecule has 0 bridgehead atoms. The molecule has 1 aliphatic carbocycles. The molecule has 0 fully saturated rings. The predicted octanol–water partition coefficient (Wildman–Crippen LogP) is 3.60. The molecule has 1 heterocycles. The van der Waals surface area contributed by atoms with Gasteiger partial charge < -0.3 is 5.11 Å². The van der Waals surface area contributed by atoms with Crippen LogP contribution in [0.1, 0.15) is 28.8 Å². The van der Waals surface area contributed by atoms with E-state index in [1.807, 2.05) is 0 Å². The molecular formula is C16H18OS. The summed E-state index contributed by atoms with van der Waals surface area (Å²) in [5.41, 5.74) is 2.24. The first-order chi connectivity index (χ1) is 8.75. The highest BCUT2D eigenvalue weighted by Gasteiger charge is 2.31. The third kappa shape index (κ3) is 2.50. The van der Waals surface area contributed by atoms with Crippen LogP contribution < -0.4 is 0 Å². The van der Waals surface area contributed by atoms with Crippen LogP contribution >= 0.6 is 11.3 Å². The van der Waals surface area contributed by atoms with Crippen molar-refractivity contribution in [1.82, 2.24) is 0 Å². The molecule has 1 N–H and O–H groups in total. The third-order valence-corrected chi connectivity index (χ3v) is 4.85. The number of thiophene rings is 1. The van der Waals surface area contributed by atoms with Crippen LogP contribution in [0.2, 0.25) is 0 Å². The molecule has 0 saturated heterocycles. The molecule has 0 spiro atoms. The van der Waals surface area contributed by atoms with E-state index in [0.717, 1.165) is 32.1 Å². The lowest BCUT2D eigenvalue weighted by Gasteiger charge is -2.33. The fraction of sp³-hybridized carbons (Fsp3) is 0.375. The van der Waals surface area contributed by atoms with Crippen molar-refractivity contribution in [1.29, 1.82) is 0 Å². The number of hydrogen-bond acceptors (Lipinski definition) is 2. The molecule has 3 rings (SSSR count). The summed E-state index contributed by atoms with van der Waals surface area (Å²) < 4.78 is 0. The quantitative estimate of drug-likeness (QED) is 0.892. The highest BCUT2D eigenvalue weighted by Crippen LogP contribution is 2.32. The Morgan fingerprint density at radius 2 is 1.94 bits per heavy atom. The second-order valence-electron chi connectivity index (χ2n) is 5.25. The molecule has 2 aromatic rings. The topological polar surface area (TPSA) is 20.2 Å². The average molecular weight is 258 g/mol. The van der Waals surface area contributed by atoms with Crippen molar-refractivity contribution in [3.8, 4) is 0 Å². The standard InChI is InChI=1S/C16H18OS/c17-16(10-8-15-6-3-11-18-15)9-7-13-4-1-2-5-14(13)12-16/h1-6,11,17H,7-10,12H2. The molecule has 0 radical (unpaired) electrons. The summed E-state index contributed by atoms with van der Waals surface area (Å²) in [6.07, 6.45) is 4.60. The Kier molecular flexibility index (Phi) is 3.23. The first-order valence-corrected chi connectivity index (χ1v) is 7.45. The van der Waals surface area contributed by atoms with Gasteiger partial charge in [-0.1, -0.05) is 30.3 Å².